The van der Waals surface area contributed by atoms with E-state index in [9.17, 15) is 61.4 Å². The molecular formula is C32H23ClFN7O14S4. The first-order chi connectivity index (χ1) is 27.5. The topological polar surface area (TPSA) is 334 Å². The van der Waals surface area contributed by atoms with Crippen LogP contribution in [0.4, 0.5) is 44.6 Å². The van der Waals surface area contributed by atoms with E-state index >= 15 is 0 Å². The van der Waals surface area contributed by atoms with E-state index in [0.717, 1.165) is 36.7 Å². The molecule has 0 bridgehead atoms. The van der Waals surface area contributed by atoms with Gasteiger partial charge < -0.3 is 20.5 Å². The zero-order valence-corrected chi connectivity index (χ0v) is 33.1. The predicted molar refractivity (Wildman–Crippen MR) is 208 cm³/mol. The van der Waals surface area contributed by atoms with Crippen LogP contribution >= 0.6 is 11.6 Å². The number of fused-ring (bicyclic) bond motifs is 2. The number of azo groups is 1. The fourth-order valence-electron chi connectivity index (χ4n) is 5.51. The van der Waals surface area contributed by atoms with Crippen LogP contribution in [0.5, 0.6) is 5.75 Å². The molecule has 21 nitrogen and oxygen atoms in total. The van der Waals surface area contributed by atoms with Gasteiger partial charge in [-0.3, -0.25) is 18.2 Å². The summed E-state index contributed by atoms with van der Waals surface area (Å²) < 4.78 is 156. The number of aromatic hydroxyl groups is 1. The Bertz CT molecular complexity index is 3250. The van der Waals surface area contributed by atoms with Crippen molar-refractivity contribution in [1.82, 2.24) is 9.97 Å². The third kappa shape index (κ3) is 9.04. The number of phenols is 1. The molecule has 0 atom stereocenters. The summed E-state index contributed by atoms with van der Waals surface area (Å²) in [5.41, 5.74) is -1.59. The van der Waals surface area contributed by atoms with Crippen LogP contribution in [-0.4, -0.2) is 80.5 Å². The number of nitrogens with one attached hydrogen (secondary N) is 2. The fourth-order valence-corrected chi connectivity index (χ4v) is 8.28. The number of phenolic OH excluding ortho intramolecular Hbond substituents is 1. The molecule has 1 heterocycles. The Balaban J connectivity index is 1.42. The quantitative estimate of drug-likeness (QED) is 0.0227. The van der Waals surface area contributed by atoms with Crippen molar-refractivity contribution < 1.29 is 66.1 Å². The molecule has 6 aromatic rings. The van der Waals surface area contributed by atoms with Gasteiger partial charge in [0.15, 0.2) is 18.0 Å². The van der Waals surface area contributed by atoms with Crippen molar-refractivity contribution in [2.75, 3.05) is 17.7 Å². The molecule has 0 aliphatic heterocycles. The van der Waals surface area contributed by atoms with Crippen molar-refractivity contribution in [3.63, 3.8) is 0 Å². The zero-order chi connectivity index (χ0) is 43.2. The lowest BCUT2D eigenvalue weighted by molar-refractivity contribution is 0.423. The first-order valence-corrected chi connectivity index (χ1v) is 21.7. The van der Waals surface area contributed by atoms with E-state index in [-0.39, 0.29) is 39.6 Å². The van der Waals surface area contributed by atoms with E-state index in [1.54, 1.807) is 0 Å². The van der Waals surface area contributed by atoms with Crippen LogP contribution in [0.1, 0.15) is 0 Å². The van der Waals surface area contributed by atoms with Gasteiger partial charge >= 0.3 is 0 Å². The van der Waals surface area contributed by atoms with E-state index in [4.69, 9.17) is 16.3 Å². The van der Waals surface area contributed by atoms with E-state index in [1.165, 1.54) is 43.5 Å². The van der Waals surface area contributed by atoms with E-state index in [2.05, 4.69) is 35.8 Å². The van der Waals surface area contributed by atoms with Gasteiger partial charge in [0.05, 0.1) is 23.1 Å². The van der Waals surface area contributed by atoms with Crippen LogP contribution in [0, 0.1) is 5.95 Å². The maximum atomic E-state index is 14.8. The molecule has 6 rings (SSSR count). The van der Waals surface area contributed by atoms with E-state index in [0.29, 0.717) is 6.07 Å². The highest BCUT2D eigenvalue weighted by atomic mass is 35.5. The summed E-state index contributed by atoms with van der Waals surface area (Å²) in [6, 6.07) is 13.1. The van der Waals surface area contributed by atoms with Gasteiger partial charge in [0.2, 0.25) is 11.9 Å². The molecule has 0 aliphatic rings. The van der Waals surface area contributed by atoms with Gasteiger partial charge in [-0.15, -0.1) is 10.2 Å². The summed E-state index contributed by atoms with van der Waals surface area (Å²) in [4.78, 5) is 8.18. The summed E-state index contributed by atoms with van der Waals surface area (Å²) in [7, 11) is -18.9. The number of aromatic nitrogens is 2. The number of hydrogen-bond donors (Lipinski definition) is 7. The van der Waals surface area contributed by atoms with Gasteiger partial charge in [0, 0.05) is 22.1 Å². The molecule has 0 radical (unpaired) electrons. The minimum atomic E-state index is -5.38. The highest BCUT2D eigenvalue weighted by Gasteiger charge is 2.28. The Morgan fingerprint density at radius 2 is 1.36 bits per heavy atom. The number of benzene rings is 5. The number of aliphatic imine (C=N–C) groups is 1. The van der Waals surface area contributed by atoms with Gasteiger partial charge in [0.1, 0.15) is 31.1 Å². The number of halogens is 2. The maximum Gasteiger partial charge on any atom is 0.297 e. The summed E-state index contributed by atoms with van der Waals surface area (Å²) in [6.45, 7) is 0. The Morgan fingerprint density at radius 3 is 1.97 bits per heavy atom. The minimum Gasteiger partial charge on any atom is -0.505 e. The molecule has 5 aromatic carbocycles. The van der Waals surface area contributed by atoms with E-state index < -0.39 is 98.9 Å². The van der Waals surface area contributed by atoms with Crippen LogP contribution in [0.2, 0.25) is 5.02 Å². The predicted octanol–water partition coefficient (Wildman–Crippen LogP) is 6.48. The Labute approximate surface area is 336 Å². The summed E-state index contributed by atoms with van der Waals surface area (Å²) >= 11 is 6.10. The molecule has 0 amide bonds. The van der Waals surface area contributed by atoms with Crippen LogP contribution in [0.3, 0.4) is 0 Å². The normalized spacial score (nSPS) is 12.8. The smallest absolute Gasteiger partial charge is 0.297 e. The third-order valence-corrected chi connectivity index (χ3v) is 11.9. The van der Waals surface area contributed by atoms with Gasteiger partial charge in [-0.25, -0.2) is 4.99 Å². The van der Waals surface area contributed by atoms with Crippen molar-refractivity contribution in [3.8, 4) is 5.75 Å². The highest BCUT2D eigenvalue weighted by Crippen LogP contribution is 2.47. The van der Waals surface area contributed by atoms with Gasteiger partial charge in [-0.1, -0.05) is 23.7 Å². The van der Waals surface area contributed by atoms with Crippen LogP contribution in [0.15, 0.2) is 108 Å². The number of hydrogen-bond acceptors (Lipinski definition) is 17. The fraction of sp³-hybridized carbons (Fsp3) is 0.0312. The summed E-state index contributed by atoms with van der Waals surface area (Å²) in [5, 5.41) is 22.3. The molecule has 59 heavy (non-hydrogen) atoms. The highest BCUT2D eigenvalue weighted by molar-refractivity contribution is 7.87. The van der Waals surface area contributed by atoms with Crippen molar-refractivity contribution in [1.29, 1.82) is 0 Å². The lowest BCUT2D eigenvalue weighted by atomic mass is 10.1. The van der Waals surface area contributed by atoms with Crippen LogP contribution in [-0.2, 0) is 45.2 Å². The molecule has 27 heteroatoms. The first-order valence-electron chi connectivity index (χ1n) is 15.6. The number of ether oxygens (including phenoxy) is 1. The molecule has 7 N–H and O–H groups in total. The standard InChI is InChI=1S/C32H23ClFN7O14S4/c1-55-14-35-21-10-11-23(57(46,47)48)20-13-24(58(49,50)51)27(28(42)25(20)21)41-40-22-9-2-15-12-17(5-8-19(15)29(22)59(52,53)54)36-31-26(33)30(34)38-32(39-31)37-16-3-6-18(7-4-16)56(43,44)45/h2-14,42H,1H3,(H,43,44,45)(H,46,47,48)(H,49,50,51)(H,52,53,54)(H2,36,37,38,39). The molecule has 0 spiro atoms. The molecule has 0 aliphatic carbocycles. The van der Waals surface area contributed by atoms with Crippen molar-refractivity contribution in [3.05, 3.63) is 83.8 Å². The largest absolute Gasteiger partial charge is 0.505 e. The van der Waals surface area contributed by atoms with Crippen molar-refractivity contribution in [2.24, 2.45) is 15.2 Å². The third-order valence-electron chi connectivity index (χ3n) is 7.95. The monoisotopic (exact) mass is 911 g/mol. The van der Waals surface area contributed by atoms with Crippen LogP contribution in [0.25, 0.3) is 21.5 Å². The van der Waals surface area contributed by atoms with Crippen LogP contribution < -0.4 is 10.6 Å². The number of rotatable bonds is 12. The van der Waals surface area contributed by atoms with Gasteiger partial charge in [0.25, 0.3) is 40.5 Å². The molecule has 0 saturated carbocycles. The average molecular weight is 912 g/mol. The minimum absolute atomic E-state index is 0.0927. The first kappa shape index (κ1) is 42.6. The number of methoxy groups -OCH3 is 1. The van der Waals surface area contributed by atoms with Crippen molar-refractivity contribution >= 4 is 120 Å². The van der Waals surface area contributed by atoms with Gasteiger partial charge in [-0.2, -0.15) is 48.0 Å². The second-order valence-corrected chi connectivity index (χ2v) is 17.7. The average Bonchev–Trinajstić information content (AvgIpc) is 3.13. The SMILES string of the molecule is COC=Nc1ccc(S(=O)(=O)O)c2cc(S(=O)(=O)O)c(N=Nc3ccc4cc(Nc5nc(Nc6ccc(S(=O)(=O)O)cc6)nc(F)c5Cl)ccc4c3S(=O)(=O)O)c(O)c12. The second-order valence-electron chi connectivity index (χ2n) is 11.8. The summed E-state index contributed by atoms with van der Waals surface area (Å²) in [5.74, 6) is -2.96. The molecule has 0 saturated heterocycles. The Kier molecular flexibility index (Phi) is 11.3. The number of nitrogens with zero attached hydrogens (tertiary/aromatic N) is 5. The maximum absolute atomic E-state index is 14.8. The zero-order valence-electron chi connectivity index (χ0n) is 29.0. The lowest BCUT2D eigenvalue weighted by Crippen LogP contribution is -2.05. The molecular weight excluding hydrogens is 889 g/mol. The Hall–Kier alpha value is -5.97. The summed E-state index contributed by atoms with van der Waals surface area (Å²) in [6.07, 6.45) is 0.864. The van der Waals surface area contributed by atoms with Crippen molar-refractivity contribution in [2.45, 2.75) is 19.6 Å². The second kappa shape index (κ2) is 15.7. The lowest BCUT2D eigenvalue weighted by Gasteiger charge is -2.13. The van der Waals surface area contributed by atoms with E-state index in [1.807, 2.05) is 0 Å². The van der Waals surface area contributed by atoms with Gasteiger partial charge in [-0.05, 0) is 66.0 Å². The number of anilines is 4. The molecule has 0 fully saturated rings. The molecule has 1 aromatic heterocycles. The molecule has 0 unspecified atom stereocenters. The molecule has 308 valence electrons. The Morgan fingerprint density at radius 1 is 0.712 bits per heavy atom.